The number of carbonyl (C=O) groups is 3. The van der Waals surface area contributed by atoms with Crippen molar-refractivity contribution < 1.29 is 23.9 Å². The van der Waals surface area contributed by atoms with E-state index < -0.39 is 35.7 Å². The summed E-state index contributed by atoms with van der Waals surface area (Å²) in [6.45, 7) is 7.11. The van der Waals surface area contributed by atoms with Crippen molar-refractivity contribution >= 4 is 35.3 Å². The van der Waals surface area contributed by atoms with Crippen molar-refractivity contribution in [2.45, 2.75) is 58.3 Å². The van der Waals surface area contributed by atoms with E-state index in [2.05, 4.69) is 10.3 Å². The highest BCUT2D eigenvalue weighted by molar-refractivity contribution is 6.32. The van der Waals surface area contributed by atoms with Gasteiger partial charge in [-0.15, -0.1) is 0 Å². The molecule has 0 unspecified atom stereocenters. The van der Waals surface area contributed by atoms with Crippen LogP contribution < -0.4 is 5.32 Å². The first-order chi connectivity index (χ1) is 12.6. The molecule has 0 bridgehead atoms. The number of nitrogens with one attached hydrogen (secondary N) is 1. The van der Waals surface area contributed by atoms with Crippen molar-refractivity contribution in [2.24, 2.45) is 0 Å². The second kappa shape index (κ2) is 8.56. The van der Waals surface area contributed by atoms with Crippen LogP contribution in [0.5, 0.6) is 0 Å². The third-order valence-electron chi connectivity index (χ3n) is 3.83. The van der Waals surface area contributed by atoms with Gasteiger partial charge in [0.05, 0.1) is 5.69 Å². The maximum atomic E-state index is 12.5. The van der Waals surface area contributed by atoms with Crippen LogP contribution in [0, 0.1) is 0 Å². The van der Waals surface area contributed by atoms with Gasteiger partial charge in [-0.05, 0) is 52.7 Å². The maximum Gasteiger partial charge on any atom is 0.411 e. The molecule has 148 valence electrons. The Morgan fingerprint density at radius 1 is 1.37 bits per heavy atom. The fraction of sp³-hybridized carbons (Fsp3) is 0.556. The van der Waals surface area contributed by atoms with Gasteiger partial charge in [-0.1, -0.05) is 11.6 Å². The molecule has 1 aromatic heterocycles. The number of hydrogen-bond acceptors (Lipinski definition) is 6. The number of anilines is 1. The summed E-state index contributed by atoms with van der Waals surface area (Å²) in [5.41, 5.74) is -0.340. The number of likely N-dealkylation sites (tertiary alicyclic amines) is 1. The van der Waals surface area contributed by atoms with Crippen LogP contribution in [0.1, 0.15) is 40.5 Å². The van der Waals surface area contributed by atoms with Gasteiger partial charge in [0.15, 0.2) is 11.3 Å². The maximum absolute atomic E-state index is 12.5. The van der Waals surface area contributed by atoms with Crippen LogP contribution in [0.15, 0.2) is 18.3 Å². The summed E-state index contributed by atoms with van der Waals surface area (Å²) in [4.78, 5) is 42.2. The quantitative estimate of drug-likeness (QED) is 0.619. The highest BCUT2D eigenvalue weighted by Gasteiger charge is 2.38. The minimum atomic E-state index is -1.06. The second-order valence-corrected chi connectivity index (χ2v) is 7.60. The number of rotatable bonds is 4. The molecule has 0 aliphatic carbocycles. The molecule has 0 spiro atoms. The Hall–Kier alpha value is -2.35. The van der Waals surface area contributed by atoms with Crippen LogP contribution in [-0.4, -0.2) is 52.1 Å². The van der Waals surface area contributed by atoms with Gasteiger partial charge < -0.3 is 14.8 Å². The van der Waals surface area contributed by atoms with Gasteiger partial charge in [-0.3, -0.25) is 9.69 Å². The van der Waals surface area contributed by atoms with Crippen LogP contribution in [0.3, 0.4) is 0 Å². The predicted molar refractivity (Wildman–Crippen MR) is 99.4 cm³/mol. The third-order valence-corrected chi connectivity index (χ3v) is 4.13. The van der Waals surface area contributed by atoms with Gasteiger partial charge in [0.2, 0.25) is 0 Å². The molecule has 8 nitrogen and oxygen atoms in total. The van der Waals surface area contributed by atoms with Crippen molar-refractivity contribution in [3.63, 3.8) is 0 Å². The zero-order valence-electron chi connectivity index (χ0n) is 15.8. The third kappa shape index (κ3) is 5.82. The topological polar surface area (TPSA) is 97.8 Å². The van der Waals surface area contributed by atoms with E-state index in [-0.39, 0.29) is 5.15 Å². The van der Waals surface area contributed by atoms with Crippen molar-refractivity contribution in [1.82, 2.24) is 9.88 Å². The van der Waals surface area contributed by atoms with Crippen molar-refractivity contribution in [2.75, 3.05) is 11.9 Å². The Morgan fingerprint density at radius 2 is 2.07 bits per heavy atom. The van der Waals surface area contributed by atoms with Gasteiger partial charge in [-0.2, -0.15) is 0 Å². The smallest absolute Gasteiger partial charge is 0.411 e. The molecule has 1 aliphatic rings. The lowest BCUT2D eigenvalue weighted by molar-refractivity contribution is -0.157. The number of nitrogens with zero attached hydrogens (tertiary/aromatic N) is 2. The molecule has 9 heteroatoms. The first-order valence-corrected chi connectivity index (χ1v) is 9.08. The molecule has 0 radical (unpaired) electrons. The number of pyridine rings is 1. The van der Waals surface area contributed by atoms with E-state index in [1.165, 1.54) is 18.0 Å². The molecule has 1 aromatic rings. The zero-order chi connectivity index (χ0) is 20.2. The van der Waals surface area contributed by atoms with E-state index in [1.54, 1.807) is 32.9 Å². The lowest BCUT2D eigenvalue weighted by atomic mass is 10.2. The summed E-state index contributed by atoms with van der Waals surface area (Å²) in [5.74, 6) is -1.18. The van der Waals surface area contributed by atoms with Crippen LogP contribution in [0.25, 0.3) is 0 Å². The van der Waals surface area contributed by atoms with E-state index in [1.807, 2.05) is 0 Å². The molecular formula is C18H24ClN3O5. The van der Waals surface area contributed by atoms with E-state index in [4.69, 9.17) is 21.1 Å². The molecule has 1 saturated heterocycles. The lowest BCUT2D eigenvalue weighted by Gasteiger charge is -2.28. The molecule has 0 saturated carbocycles. The molecule has 2 amide bonds. The van der Waals surface area contributed by atoms with E-state index in [9.17, 15) is 14.4 Å². The molecule has 0 aromatic carbocycles. The van der Waals surface area contributed by atoms with Gasteiger partial charge in [0.25, 0.3) is 5.91 Å². The number of amides is 2. The molecule has 2 atom stereocenters. The summed E-state index contributed by atoms with van der Waals surface area (Å²) >= 11 is 5.90. The van der Waals surface area contributed by atoms with E-state index >= 15 is 0 Å². The standard InChI is InChI=1S/C18H24ClN3O5/c1-11(15(23)21-12-7-5-9-20-14(12)19)26-16(24)13-8-6-10-22(13)17(25)27-18(2,3)4/h5,7,9,11,13H,6,8,10H2,1-4H3,(H,21,23)/t11-,13-/m0/s1. The predicted octanol–water partition coefficient (Wildman–Crippen LogP) is 3.00. The summed E-state index contributed by atoms with van der Waals surface area (Å²) in [6.07, 6.45) is 0.981. The average molecular weight is 398 g/mol. The highest BCUT2D eigenvalue weighted by Crippen LogP contribution is 2.23. The molecule has 1 fully saturated rings. The van der Waals surface area contributed by atoms with Gasteiger partial charge in [0, 0.05) is 12.7 Å². The number of halogens is 1. The summed E-state index contributed by atoms with van der Waals surface area (Å²) in [6, 6.07) is 2.44. The molecule has 2 rings (SSSR count). The first kappa shape index (κ1) is 21.0. The zero-order valence-corrected chi connectivity index (χ0v) is 16.6. The minimum absolute atomic E-state index is 0.135. The number of hydrogen-bond donors (Lipinski definition) is 1. The van der Waals surface area contributed by atoms with Gasteiger partial charge in [0.1, 0.15) is 11.6 Å². The summed E-state index contributed by atoms with van der Waals surface area (Å²) < 4.78 is 10.6. The summed E-state index contributed by atoms with van der Waals surface area (Å²) in [7, 11) is 0. The van der Waals surface area contributed by atoms with E-state index in [0.29, 0.717) is 25.1 Å². The summed E-state index contributed by atoms with van der Waals surface area (Å²) in [5, 5.41) is 2.69. The Morgan fingerprint density at radius 3 is 2.70 bits per heavy atom. The second-order valence-electron chi connectivity index (χ2n) is 7.24. The van der Waals surface area contributed by atoms with E-state index in [0.717, 1.165) is 0 Å². The average Bonchev–Trinajstić information content (AvgIpc) is 3.05. The molecule has 1 N–H and O–H groups in total. The van der Waals surface area contributed by atoms with Crippen LogP contribution in [0.2, 0.25) is 5.15 Å². The fourth-order valence-electron chi connectivity index (χ4n) is 2.57. The molecule has 1 aliphatic heterocycles. The number of carbonyl (C=O) groups excluding carboxylic acids is 3. The number of ether oxygens (including phenoxy) is 2. The first-order valence-electron chi connectivity index (χ1n) is 8.70. The molecule has 2 heterocycles. The van der Waals surface area contributed by atoms with Gasteiger partial charge in [-0.25, -0.2) is 14.6 Å². The van der Waals surface area contributed by atoms with Crippen molar-refractivity contribution in [3.05, 3.63) is 23.5 Å². The molecule has 27 heavy (non-hydrogen) atoms. The highest BCUT2D eigenvalue weighted by atomic mass is 35.5. The Kier molecular flexibility index (Phi) is 6.64. The Balaban J connectivity index is 1.95. The lowest BCUT2D eigenvalue weighted by Crippen LogP contribution is -2.45. The Labute approximate surface area is 163 Å². The van der Waals surface area contributed by atoms with Gasteiger partial charge >= 0.3 is 12.1 Å². The van der Waals surface area contributed by atoms with Crippen molar-refractivity contribution in [3.8, 4) is 0 Å². The number of aromatic nitrogens is 1. The normalized spacial score (nSPS) is 18.0. The largest absolute Gasteiger partial charge is 0.451 e. The van der Waals surface area contributed by atoms with Crippen LogP contribution in [-0.2, 0) is 19.1 Å². The number of esters is 1. The fourth-order valence-corrected chi connectivity index (χ4v) is 2.74. The molecular weight excluding hydrogens is 374 g/mol. The minimum Gasteiger partial charge on any atom is -0.451 e. The van der Waals surface area contributed by atoms with Crippen LogP contribution >= 0.6 is 11.6 Å². The van der Waals surface area contributed by atoms with Crippen molar-refractivity contribution in [1.29, 1.82) is 0 Å². The van der Waals surface area contributed by atoms with Crippen LogP contribution in [0.4, 0.5) is 10.5 Å². The SMILES string of the molecule is C[C@H](OC(=O)[C@@H]1CCCN1C(=O)OC(C)(C)C)C(=O)Nc1cccnc1Cl. The Bertz CT molecular complexity index is 719. The monoisotopic (exact) mass is 397 g/mol.